The van der Waals surface area contributed by atoms with Crippen molar-refractivity contribution in [1.29, 1.82) is 0 Å². The molecule has 7 heteroatoms. The minimum atomic E-state index is -0.658. The molecule has 1 aliphatic carbocycles. The van der Waals surface area contributed by atoms with Crippen molar-refractivity contribution in [3.05, 3.63) is 28.8 Å². The summed E-state index contributed by atoms with van der Waals surface area (Å²) >= 11 is 6.17. The van der Waals surface area contributed by atoms with E-state index in [0.717, 1.165) is 56.9 Å². The Morgan fingerprint density at radius 3 is 2.71 bits per heavy atom. The monoisotopic (exact) mass is 405 g/mol. The average Bonchev–Trinajstić information content (AvgIpc) is 2.92. The van der Waals surface area contributed by atoms with Gasteiger partial charge < -0.3 is 15.1 Å². The summed E-state index contributed by atoms with van der Waals surface area (Å²) in [7, 11) is 0. The molecule has 1 aromatic rings. The zero-order valence-electron chi connectivity index (χ0n) is 16.8. The van der Waals surface area contributed by atoms with Crippen molar-refractivity contribution in [3.63, 3.8) is 0 Å². The second-order valence-corrected chi connectivity index (χ2v) is 9.04. The van der Waals surface area contributed by atoms with Crippen LogP contribution in [0.5, 0.6) is 0 Å². The van der Waals surface area contributed by atoms with E-state index in [9.17, 15) is 9.59 Å². The predicted molar refractivity (Wildman–Crippen MR) is 110 cm³/mol. The van der Waals surface area contributed by atoms with Gasteiger partial charge in [0.1, 0.15) is 5.54 Å². The standard InChI is InChI=1S/C21H29ClN4O2/c1-15-6-7-17(22)13-18(15)25-11-9-24(10-12-25)14-26-19(27)21(23-20(26)28)8-4-3-5-16(21)2/h6-7,13,16H,3-5,8-12,14H2,1-2H3,(H,23,28)/p+1/t16-,21+/m1/s1. The number of carbonyl (C=O) groups excluding carboxylic acids is 2. The zero-order chi connectivity index (χ0) is 19.9. The summed E-state index contributed by atoms with van der Waals surface area (Å²) in [5, 5.41) is 3.81. The summed E-state index contributed by atoms with van der Waals surface area (Å²) in [6.45, 7) is 8.23. The SMILES string of the molecule is Cc1ccc(Cl)cc1N1CC[NH+](CN2C(=O)N[C@]3(CCCC[C@H]3C)C2=O)CC1. The molecular formula is C21H30ClN4O2+. The third-order valence-electron chi connectivity index (χ3n) is 6.87. The van der Waals surface area contributed by atoms with Crippen molar-refractivity contribution in [2.75, 3.05) is 37.7 Å². The summed E-state index contributed by atoms with van der Waals surface area (Å²) in [4.78, 5) is 30.8. The Labute approximate surface area is 171 Å². The smallest absolute Gasteiger partial charge is 0.329 e. The molecule has 3 amide bonds. The molecule has 152 valence electrons. The fourth-order valence-electron chi connectivity index (χ4n) is 5.01. The molecule has 2 N–H and O–H groups in total. The maximum atomic E-state index is 13.1. The number of anilines is 1. The van der Waals surface area contributed by atoms with Gasteiger partial charge in [0.2, 0.25) is 0 Å². The van der Waals surface area contributed by atoms with Gasteiger partial charge in [-0.25, -0.2) is 9.69 Å². The van der Waals surface area contributed by atoms with Gasteiger partial charge in [-0.1, -0.05) is 37.4 Å². The van der Waals surface area contributed by atoms with E-state index in [2.05, 4.69) is 30.1 Å². The molecule has 1 saturated carbocycles. The second kappa shape index (κ2) is 7.56. The molecule has 3 aliphatic rings. The number of quaternary nitrogens is 1. The number of urea groups is 1. The number of aryl methyl sites for hydroxylation is 1. The Balaban J connectivity index is 1.39. The van der Waals surface area contributed by atoms with Gasteiger partial charge in [0, 0.05) is 10.7 Å². The van der Waals surface area contributed by atoms with Crippen LogP contribution < -0.4 is 15.1 Å². The van der Waals surface area contributed by atoms with E-state index in [1.807, 2.05) is 12.1 Å². The molecule has 6 nitrogen and oxygen atoms in total. The largest absolute Gasteiger partial charge is 0.360 e. The number of amides is 3. The number of benzene rings is 1. The number of rotatable bonds is 3. The molecule has 1 spiro atoms. The van der Waals surface area contributed by atoms with Crippen LogP contribution in [-0.2, 0) is 4.79 Å². The van der Waals surface area contributed by atoms with E-state index in [1.165, 1.54) is 21.1 Å². The first-order chi connectivity index (χ1) is 13.4. The molecule has 0 unspecified atom stereocenters. The van der Waals surface area contributed by atoms with E-state index in [0.29, 0.717) is 6.67 Å². The van der Waals surface area contributed by atoms with E-state index in [1.54, 1.807) is 0 Å². The molecule has 0 aromatic heterocycles. The van der Waals surface area contributed by atoms with Gasteiger partial charge >= 0.3 is 6.03 Å². The van der Waals surface area contributed by atoms with E-state index in [4.69, 9.17) is 11.6 Å². The highest BCUT2D eigenvalue weighted by Crippen LogP contribution is 2.37. The first-order valence-corrected chi connectivity index (χ1v) is 10.8. The van der Waals surface area contributed by atoms with Crippen molar-refractivity contribution in [2.45, 2.75) is 45.1 Å². The van der Waals surface area contributed by atoms with Crippen LogP contribution in [0.25, 0.3) is 0 Å². The molecule has 2 saturated heterocycles. The lowest BCUT2D eigenvalue weighted by Crippen LogP contribution is -3.16. The first kappa shape index (κ1) is 19.5. The normalized spacial score (nSPS) is 28.9. The van der Waals surface area contributed by atoms with Crippen molar-refractivity contribution in [3.8, 4) is 0 Å². The number of carbonyl (C=O) groups is 2. The first-order valence-electron chi connectivity index (χ1n) is 10.4. The quantitative estimate of drug-likeness (QED) is 0.754. The topological polar surface area (TPSA) is 57.1 Å². The van der Waals surface area contributed by atoms with Crippen molar-refractivity contribution in [2.24, 2.45) is 5.92 Å². The van der Waals surface area contributed by atoms with Gasteiger partial charge in [0.05, 0.1) is 26.2 Å². The van der Waals surface area contributed by atoms with E-state index in [-0.39, 0.29) is 17.9 Å². The van der Waals surface area contributed by atoms with E-state index >= 15 is 0 Å². The van der Waals surface area contributed by atoms with Crippen LogP contribution in [-0.4, -0.2) is 55.2 Å². The van der Waals surface area contributed by atoms with Crippen molar-refractivity contribution < 1.29 is 14.5 Å². The van der Waals surface area contributed by atoms with Crippen LogP contribution in [0.1, 0.15) is 38.2 Å². The molecule has 3 fully saturated rings. The Morgan fingerprint density at radius 2 is 2.00 bits per heavy atom. The summed E-state index contributed by atoms with van der Waals surface area (Å²) in [6.07, 6.45) is 3.92. The number of nitrogens with zero attached hydrogens (tertiary/aromatic N) is 2. The van der Waals surface area contributed by atoms with Crippen LogP contribution in [0.15, 0.2) is 18.2 Å². The lowest BCUT2D eigenvalue weighted by Gasteiger charge is -2.37. The molecule has 28 heavy (non-hydrogen) atoms. The minimum absolute atomic E-state index is 0.00897. The number of hydrogen-bond donors (Lipinski definition) is 2. The molecule has 2 aliphatic heterocycles. The lowest BCUT2D eigenvalue weighted by molar-refractivity contribution is -0.907. The molecule has 0 radical (unpaired) electrons. The lowest BCUT2D eigenvalue weighted by atomic mass is 9.73. The van der Waals surface area contributed by atoms with Gasteiger partial charge in [0.25, 0.3) is 5.91 Å². The number of piperazine rings is 1. The van der Waals surface area contributed by atoms with Crippen LogP contribution in [0.3, 0.4) is 0 Å². The van der Waals surface area contributed by atoms with Gasteiger partial charge in [-0.3, -0.25) is 4.79 Å². The van der Waals surface area contributed by atoms with Crippen LogP contribution >= 0.6 is 11.6 Å². The van der Waals surface area contributed by atoms with Crippen molar-refractivity contribution >= 4 is 29.2 Å². The highest BCUT2D eigenvalue weighted by atomic mass is 35.5. The highest BCUT2D eigenvalue weighted by Gasteiger charge is 2.55. The number of nitrogens with one attached hydrogen (secondary N) is 2. The Hall–Kier alpha value is -1.79. The second-order valence-electron chi connectivity index (χ2n) is 8.61. The van der Waals surface area contributed by atoms with Crippen LogP contribution in [0.4, 0.5) is 10.5 Å². The maximum absolute atomic E-state index is 13.1. The molecule has 0 bridgehead atoms. The van der Waals surface area contributed by atoms with Crippen LogP contribution in [0.2, 0.25) is 5.02 Å². The summed E-state index contributed by atoms with van der Waals surface area (Å²) in [5.41, 5.74) is 1.74. The number of halogens is 1. The average molecular weight is 406 g/mol. The van der Waals surface area contributed by atoms with Gasteiger partial charge in [-0.15, -0.1) is 0 Å². The highest BCUT2D eigenvalue weighted by molar-refractivity contribution is 6.30. The fraction of sp³-hybridized carbons (Fsp3) is 0.619. The number of imide groups is 1. The summed E-state index contributed by atoms with van der Waals surface area (Å²) in [5.74, 6) is 0.200. The molecule has 1 aromatic carbocycles. The molecular weight excluding hydrogens is 376 g/mol. The van der Waals surface area contributed by atoms with Gasteiger partial charge in [-0.2, -0.15) is 0 Å². The third kappa shape index (κ3) is 3.37. The zero-order valence-corrected chi connectivity index (χ0v) is 17.5. The Kier molecular flexibility index (Phi) is 5.27. The fourth-order valence-corrected chi connectivity index (χ4v) is 5.17. The van der Waals surface area contributed by atoms with Crippen molar-refractivity contribution in [1.82, 2.24) is 10.2 Å². The molecule has 4 rings (SSSR count). The third-order valence-corrected chi connectivity index (χ3v) is 7.10. The molecule has 2 heterocycles. The van der Waals surface area contributed by atoms with Gasteiger partial charge in [-0.05, 0) is 43.4 Å². The Morgan fingerprint density at radius 1 is 1.25 bits per heavy atom. The van der Waals surface area contributed by atoms with Gasteiger partial charge in [0.15, 0.2) is 6.67 Å². The molecule has 2 atom stereocenters. The predicted octanol–water partition coefficient (Wildman–Crippen LogP) is 1.81. The summed E-state index contributed by atoms with van der Waals surface area (Å²) < 4.78 is 0. The van der Waals surface area contributed by atoms with E-state index < -0.39 is 5.54 Å². The maximum Gasteiger partial charge on any atom is 0.329 e. The number of hydrogen-bond acceptors (Lipinski definition) is 3. The Bertz CT molecular complexity index is 778. The summed E-state index contributed by atoms with van der Waals surface area (Å²) in [6, 6.07) is 5.78. The van der Waals surface area contributed by atoms with Crippen LogP contribution in [0, 0.1) is 12.8 Å². The minimum Gasteiger partial charge on any atom is -0.360 e.